The van der Waals surface area contributed by atoms with Crippen LogP contribution in [0.1, 0.15) is 64.6 Å². The molecule has 21 nitrogen and oxygen atoms in total. The molecule has 0 saturated carbocycles. The lowest BCUT2D eigenvalue weighted by Gasteiger charge is -2.41. The molecule has 1 aromatic carbocycles. The third-order valence-electron chi connectivity index (χ3n) is 13.8. The van der Waals surface area contributed by atoms with Gasteiger partial charge in [0, 0.05) is 70.3 Å². The fourth-order valence-corrected chi connectivity index (χ4v) is 9.34. The molecule has 2 aromatic heterocycles. The summed E-state index contributed by atoms with van der Waals surface area (Å²) >= 11 is 6.79. The predicted octanol–water partition coefficient (Wildman–Crippen LogP) is 3.41. The predicted molar refractivity (Wildman–Crippen MR) is 270 cm³/mol. The number of pyridine rings is 1. The summed E-state index contributed by atoms with van der Waals surface area (Å²) in [7, 11) is 8.26. The van der Waals surface area contributed by atoms with Gasteiger partial charge in [-0.3, -0.25) is 25.1 Å². The van der Waals surface area contributed by atoms with Crippen molar-refractivity contribution in [1.82, 2.24) is 35.5 Å². The molecular formula is C51H71ClN8O13. The van der Waals surface area contributed by atoms with Crippen molar-refractivity contribution >= 4 is 58.1 Å². The van der Waals surface area contributed by atoms with Gasteiger partial charge in [-0.1, -0.05) is 42.3 Å². The minimum Gasteiger partial charge on any atom is -0.495 e. The number of halogens is 1. The number of epoxide rings is 1. The molecule has 3 aliphatic rings. The van der Waals surface area contributed by atoms with Crippen LogP contribution in [0, 0.1) is 5.92 Å². The maximum absolute atomic E-state index is 14.3. The number of amides is 4. The van der Waals surface area contributed by atoms with Crippen LogP contribution in [0.4, 0.5) is 10.5 Å². The first-order chi connectivity index (χ1) is 34.7. The van der Waals surface area contributed by atoms with Gasteiger partial charge in [-0.25, -0.2) is 19.6 Å². The van der Waals surface area contributed by atoms with E-state index < -0.39 is 71.6 Å². The van der Waals surface area contributed by atoms with Crippen molar-refractivity contribution in [1.29, 1.82) is 0 Å². The second-order valence-corrected chi connectivity index (χ2v) is 19.4. The number of benzene rings is 1. The fourth-order valence-electron chi connectivity index (χ4n) is 9.02. The minimum atomic E-state index is -2.09. The van der Waals surface area contributed by atoms with E-state index in [0.29, 0.717) is 37.5 Å². The first kappa shape index (κ1) is 56.6. The Bertz CT molecular complexity index is 2520. The molecular weight excluding hydrogens is 968 g/mol. The summed E-state index contributed by atoms with van der Waals surface area (Å²) in [5.41, 5.74) is 3.49. The van der Waals surface area contributed by atoms with Crippen LogP contribution in [0.15, 0.2) is 60.3 Å². The maximum Gasteiger partial charge on any atom is 0.409 e. The molecule has 0 radical (unpaired) electrons. The molecule has 0 aliphatic carbocycles. The number of esters is 1. The lowest BCUT2D eigenvalue weighted by Crippen LogP contribution is -2.63. The molecule has 3 aromatic rings. The van der Waals surface area contributed by atoms with Crippen LogP contribution in [0.25, 0.3) is 11.0 Å². The standard InChI is InChI=1S/C51H71ClN8O13/c1-31-12-10-14-40(61)51(67)29-39(71-49(66)56-51)32(2)46-50(4,73-46)41(28-44(64)59(8)37-25-34(24-31)26-38(68-9)45(37)52)72-48(65)33(3)58(7)43(63)16-20-69-22-23-70-21-18-54-42(62)15-19-60-36(30-57(6)53-5)27-35-13-11-17-55-47(35)60/h10-14,17,25-27,32-33,39-41,46,53,61,67H,15-16,18-24,28-30H2,1-9H3,(H,54,62)(H,56,66)/b14-10+,31-12+/t32-,33+,39+,40-,41+,46?,50+,51+/m1/s1. The number of aromatic nitrogens is 2. The minimum absolute atomic E-state index is 0.0448. The smallest absolute Gasteiger partial charge is 0.409 e. The SMILES string of the molecule is CNN(C)Cc1cc2cccnc2n1CCC(=O)NCCOCCOCCC(=O)N(C)[C@@H](C)C(=O)O[C@H]1CC(=O)N(C)c2cc(cc(OC)c2Cl)C/C(C)=C/C=C/[C@@H](O)[C@@]2(O)C[C@H](OC(=O)N2)[C@@H](C)C2O[C@]21C. The van der Waals surface area contributed by atoms with Gasteiger partial charge in [0.2, 0.25) is 17.7 Å². The van der Waals surface area contributed by atoms with Crippen LogP contribution in [0.3, 0.4) is 0 Å². The Labute approximate surface area is 431 Å². The Morgan fingerprint density at radius 1 is 1.11 bits per heavy atom. The third kappa shape index (κ3) is 14.1. The highest BCUT2D eigenvalue weighted by Gasteiger charge is 2.64. The van der Waals surface area contributed by atoms with Crippen molar-refractivity contribution < 1.29 is 62.6 Å². The zero-order valence-corrected chi connectivity index (χ0v) is 43.9. The Kier molecular flexibility index (Phi) is 19.4. The number of aryl methyl sites for hydroxylation is 1. The summed E-state index contributed by atoms with van der Waals surface area (Å²) < 4.78 is 36.9. The van der Waals surface area contributed by atoms with E-state index in [-0.39, 0.29) is 63.0 Å². The van der Waals surface area contributed by atoms with Crippen LogP contribution >= 0.6 is 11.6 Å². The van der Waals surface area contributed by atoms with E-state index in [1.165, 1.54) is 37.0 Å². The lowest BCUT2D eigenvalue weighted by atomic mass is 9.83. The molecule has 0 spiro atoms. The number of fused-ring (bicyclic) bond motifs is 6. The van der Waals surface area contributed by atoms with E-state index in [1.54, 1.807) is 51.4 Å². The first-order valence-corrected chi connectivity index (χ1v) is 24.8. The number of alkyl carbamates (subject to hydrolysis) is 1. The summed E-state index contributed by atoms with van der Waals surface area (Å²) in [5.74, 6) is -2.12. The summed E-state index contributed by atoms with van der Waals surface area (Å²) in [4.78, 5) is 74.2. The number of carbonyl (C=O) groups excluding carboxylic acids is 5. The molecule has 2 fully saturated rings. The molecule has 3 aliphatic heterocycles. The monoisotopic (exact) mass is 1040 g/mol. The molecule has 4 bridgehead atoms. The van der Waals surface area contributed by atoms with Crippen LogP contribution in [-0.4, -0.2) is 170 Å². The van der Waals surface area contributed by atoms with E-state index in [1.807, 2.05) is 38.2 Å². The first-order valence-electron chi connectivity index (χ1n) is 24.4. The van der Waals surface area contributed by atoms with Crippen LogP contribution < -0.4 is 25.7 Å². The van der Waals surface area contributed by atoms with Crippen molar-refractivity contribution in [2.45, 2.75) is 115 Å². The molecule has 5 heterocycles. The van der Waals surface area contributed by atoms with E-state index in [4.69, 9.17) is 40.0 Å². The van der Waals surface area contributed by atoms with Gasteiger partial charge in [-0.2, -0.15) is 0 Å². The summed E-state index contributed by atoms with van der Waals surface area (Å²) in [5, 5.41) is 31.0. The molecule has 1 unspecified atom stereocenters. The van der Waals surface area contributed by atoms with Crippen LogP contribution in [0.5, 0.6) is 5.75 Å². The molecule has 400 valence electrons. The van der Waals surface area contributed by atoms with Crippen molar-refractivity contribution in [3.63, 3.8) is 0 Å². The van der Waals surface area contributed by atoms with Gasteiger partial charge in [-0.05, 0) is 70.1 Å². The highest BCUT2D eigenvalue weighted by atomic mass is 35.5. The largest absolute Gasteiger partial charge is 0.495 e. The normalized spacial score (nSPS) is 26.0. The van der Waals surface area contributed by atoms with Gasteiger partial charge in [0.25, 0.3) is 0 Å². The molecule has 8 atom stereocenters. The van der Waals surface area contributed by atoms with Gasteiger partial charge in [-0.15, -0.1) is 0 Å². The van der Waals surface area contributed by atoms with E-state index >= 15 is 0 Å². The highest BCUT2D eigenvalue weighted by molar-refractivity contribution is 6.35. The quantitative estimate of drug-likeness (QED) is 0.0500. The number of rotatable bonds is 19. The van der Waals surface area contributed by atoms with Gasteiger partial charge >= 0.3 is 12.1 Å². The molecule has 6 rings (SSSR count). The number of hydrogen-bond acceptors (Lipinski definition) is 16. The maximum atomic E-state index is 14.3. The highest BCUT2D eigenvalue weighted by Crippen LogP contribution is 2.49. The third-order valence-corrected chi connectivity index (χ3v) is 14.2. The van der Waals surface area contributed by atoms with Crippen molar-refractivity contribution in [3.8, 4) is 5.75 Å². The number of ether oxygens (including phenoxy) is 6. The average Bonchev–Trinajstić information content (AvgIpc) is 3.94. The summed E-state index contributed by atoms with van der Waals surface area (Å²) in [6.45, 7) is 8.91. The summed E-state index contributed by atoms with van der Waals surface area (Å²) in [6, 6.07) is 8.36. The van der Waals surface area contributed by atoms with E-state index in [2.05, 4.69) is 31.7 Å². The molecule has 5 N–H and O–H groups in total. The second-order valence-electron chi connectivity index (χ2n) is 19.1. The Balaban J connectivity index is 1.02. The van der Waals surface area contributed by atoms with Crippen LogP contribution in [0.2, 0.25) is 5.02 Å². The number of allylic oxidation sites excluding steroid dienone is 3. The van der Waals surface area contributed by atoms with Crippen molar-refractivity contribution in [2.24, 2.45) is 5.92 Å². The number of hydrazine groups is 1. The van der Waals surface area contributed by atoms with Gasteiger partial charge in [0.05, 0.1) is 64.7 Å². The zero-order valence-electron chi connectivity index (χ0n) is 43.1. The Hall–Kier alpha value is -5.65. The fraction of sp³-hybridized carbons (Fsp3) is 0.569. The second kappa shape index (κ2) is 25.1. The number of nitrogens with zero attached hydrogens (tertiary/aromatic N) is 5. The molecule has 22 heteroatoms. The Morgan fingerprint density at radius 3 is 2.58 bits per heavy atom. The lowest BCUT2D eigenvalue weighted by molar-refractivity contribution is -0.162. The van der Waals surface area contributed by atoms with Gasteiger partial charge in [0.15, 0.2) is 5.72 Å². The number of carbonyl (C=O) groups is 5. The summed E-state index contributed by atoms with van der Waals surface area (Å²) in [6.07, 6.45) is 1.03. The van der Waals surface area contributed by atoms with E-state index in [9.17, 15) is 34.2 Å². The van der Waals surface area contributed by atoms with Crippen LogP contribution in [-0.2, 0) is 62.4 Å². The number of methoxy groups -OCH3 is 1. The number of nitrogens with one attached hydrogen (secondary N) is 3. The van der Waals surface area contributed by atoms with Crippen molar-refractivity contribution in [2.75, 3.05) is 73.2 Å². The Morgan fingerprint density at radius 2 is 1.85 bits per heavy atom. The van der Waals surface area contributed by atoms with Gasteiger partial charge < -0.3 is 58.3 Å². The topological polar surface area (TPSA) is 248 Å². The zero-order chi connectivity index (χ0) is 53.2. The molecule has 4 amide bonds. The molecule has 73 heavy (non-hydrogen) atoms. The number of hydrogen-bond donors (Lipinski definition) is 5. The van der Waals surface area contributed by atoms with Gasteiger partial charge in [0.1, 0.15) is 46.4 Å². The average molecular weight is 1040 g/mol. The molecule has 2 saturated heterocycles. The van der Waals surface area contributed by atoms with E-state index in [0.717, 1.165) is 27.9 Å². The number of aliphatic hydroxyl groups excluding tert-OH is 1. The van der Waals surface area contributed by atoms with Crippen molar-refractivity contribution in [3.05, 3.63) is 76.6 Å². The number of anilines is 1. The number of aliphatic hydroxyl groups is 2. The number of likely N-dealkylation sites (N-methyl/N-ethyl adjacent to an activating group) is 1.